The number of hydrogen-bond donors (Lipinski definition) is 1. The van der Waals surface area contributed by atoms with E-state index in [2.05, 4.69) is 41.1 Å². The fourth-order valence-electron chi connectivity index (χ4n) is 3.59. The Bertz CT molecular complexity index is 751. The minimum Gasteiger partial charge on any atom is -0.383 e. The molecule has 2 heterocycles. The number of para-hydroxylation sites is 1. The molecule has 1 aromatic carbocycles. The van der Waals surface area contributed by atoms with Gasteiger partial charge in [0, 0.05) is 39.8 Å². The van der Waals surface area contributed by atoms with Crippen LogP contribution in [0.2, 0.25) is 0 Å². The third kappa shape index (κ3) is 4.67. The van der Waals surface area contributed by atoms with Gasteiger partial charge in [-0.2, -0.15) is 5.10 Å². The van der Waals surface area contributed by atoms with Crippen LogP contribution in [0.5, 0.6) is 0 Å². The van der Waals surface area contributed by atoms with Crippen molar-refractivity contribution >= 4 is 11.6 Å². The minimum atomic E-state index is 0.0600. The number of carbonyl (C=O) groups excluding carboxylic acids is 1. The summed E-state index contributed by atoms with van der Waals surface area (Å²) in [5.41, 5.74) is 4.49. The number of hydrogen-bond acceptors (Lipinski definition) is 5. The first-order valence-corrected chi connectivity index (χ1v) is 9.44. The molecule has 0 spiro atoms. The topological polar surface area (TPSA) is 62.6 Å². The molecule has 1 saturated heterocycles. The van der Waals surface area contributed by atoms with E-state index < -0.39 is 0 Å². The summed E-state index contributed by atoms with van der Waals surface area (Å²) in [6, 6.07) is 10.2. The van der Waals surface area contributed by atoms with Gasteiger partial charge in [0.15, 0.2) is 0 Å². The molecule has 0 atom stereocenters. The zero-order valence-electron chi connectivity index (χ0n) is 16.4. The lowest BCUT2D eigenvalue weighted by atomic mass is 10.2. The molecular formula is C20H29N5O2. The van der Waals surface area contributed by atoms with E-state index in [9.17, 15) is 4.79 Å². The number of nitrogens with zero attached hydrogens (tertiary/aromatic N) is 4. The Hall–Kier alpha value is -2.38. The van der Waals surface area contributed by atoms with Crippen molar-refractivity contribution in [2.45, 2.75) is 13.8 Å². The zero-order chi connectivity index (χ0) is 19.2. The van der Waals surface area contributed by atoms with Gasteiger partial charge in [-0.3, -0.25) is 9.69 Å². The molecule has 146 valence electrons. The number of aromatic nitrogens is 2. The second kappa shape index (κ2) is 9.01. The normalized spacial score (nSPS) is 15.1. The van der Waals surface area contributed by atoms with Gasteiger partial charge in [-0.15, -0.1) is 0 Å². The maximum Gasteiger partial charge on any atom is 0.234 e. The quantitative estimate of drug-likeness (QED) is 0.745. The van der Waals surface area contributed by atoms with Crippen LogP contribution in [0, 0.1) is 13.8 Å². The van der Waals surface area contributed by atoms with E-state index in [0.717, 1.165) is 43.3 Å². The summed E-state index contributed by atoms with van der Waals surface area (Å²) in [5, 5.41) is 7.63. The Morgan fingerprint density at radius 1 is 1.15 bits per heavy atom. The lowest BCUT2D eigenvalue weighted by Crippen LogP contribution is -2.50. The number of nitrogens with one attached hydrogen (secondary N) is 1. The Labute approximate surface area is 160 Å². The fraction of sp³-hybridized carbons (Fsp3) is 0.500. The second-order valence-corrected chi connectivity index (χ2v) is 6.87. The Balaban J connectivity index is 1.60. The molecule has 0 unspecified atom stereocenters. The van der Waals surface area contributed by atoms with Crippen LogP contribution >= 0.6 is 0 Å². The molecule has 1 aliphatic heterocycles. The molecule has 27 heavy (non-hydrogen) atoms. The highest BCUT2D eigenvalue weighted by molar-refractivity contribution is 5.78. The van der Waals surface area contributed by atoms with E-state index in [1.807, 2.05) is 22.9 Å². The highest BCUT2D eigenvalue weighted by Crippen LogP contribution is 2.27. The van der Waals surface area contributed by atoms with Crippen LogP contribution in [0.3, 0.4) is 0 Å². The molecule has 0 bridgehead atoms. The highest BCUT2D eigenvalue weighted by Gasteiger charge is 2.24. The van der Waals surface area contributed by atoms with Crippen LogP contribution < -0.4 is 10.2 Å². The number of rotatable bonds is 7. The number of amides is 1. The average molecular weight is 371 g/mol. The van der Waals surface area contributed by atoms with Crippen LogP contribution in [0.4, 0.5) is 5.69 Å². The first kappa shape index (κ1) is 19.4. The third-order valence-electron chi connectivity index (χ3n) is 4.94. The molecule has 0 radical (unpaired) electrons. The predicted octanol–water partition coefficient (Wildman–Crippen LogP) is 1.37. The molecule has 1 aromatic heterocycles. The Kier molecular flexibility index (Phi) is 6.47. The Morgan fingerprint density at radius 3 is 2.52 bits per heavy atom. The maximum atomic E-state index is 12.0. The summed E-state index contributed by atoms with van der Waals surface area (Å²) in [6.07, 6.45) is 0. The van der Waals surface area contributed by atoms with Crippen molar-refractivity contribution in [1.82, 2.24) is 20.0 Å². The molecule has 1 fully saturated rings. The molecular weight excluding hydrogens is 342 g/mol. The number of aryl methyl sites for hydroxylation is 1. The predicted molar refractivity (Wildman–Crippen MR) is 107 cm³/mol. The smallest absolute Gasteiger partial charge is 0.234 e. The van der Waals surface area contributed by atoms with Crippen molar-refractivity contribution in [3.8, 4) is 5.69 Å². The number of benzene rings is 1. The van der Waals surface area contributed by atoms with E-state index >= 15 is 0 Å². The number of anilines is 1. The minimum absolute atomic E-state index is 0.0600. The first-order valence-electron chi connectivity index (χ1n) is 9.44. The molecule has 0 aliphatic carbocycles. The summed E-state index contributed by atoms with van der Waals surface area (Å²) < 4.78 is 6.97. The lowest BCUT2D eigenvalue weighted by molar-refractivity contribution is -0.122. The first-order chi connectivity index (χ1) is 13.1. The van der Waals surface area contributed by atoms with E-state index in [-0.39, 0.29) is 5.91 Å². The van der Waals surface area contributed by atoms with Gasteiger partial charge < -0.3 is 15.0 Å². The van der Waals surface area contributed by atoms with Gasteiger partial charge >= 0.3 is 0 Å². The van der Waals surface area contributed by atoms with Gasteiger partial charge in [0.1, 0.15) is 0 Å². The molecule has 2 aromatic rings. The highest BCUT2D eigenvalue weighted by atomic mass is 16.5. The molecule has 7 heteroatoms. The van der Waals surface area contributed by atoms with E-state index in [1.165, 1.54) is 5.69 Å². The van der Waals surface area contributed by atoms with Crippen LogP contribution in [0.15, 0.2) is 30.3 Å². The summed E-state index contributed by atoms with van der Waals surface area (Å²) in [6.45, 7) is 9.27. The maximum absolute atomic E-state index is 12.0. The van der Waals surface area contributed by atoms with Crippen molar-refractivity contribution in [1.29, 1.82) is 0 Å². The summed E-state index contributed by atoms with van der Waals surface area (Å²) in [5.74, 6) is 0.0600. The molecule has 1 N–H and O–H groups in total. The van der Waals surface area contributed by atoms with Gasteiger partial charge in [-0.05, 0) is 26.0 Å². The van der Waals surface area contributed by atoms with Crippen molar-refractivity contribution in [2.75, 3.05) is 57.9 Å². The average Bonchev–Trinajstić information content (AvgIpc) is 2.98. The van der Waals surface area contributed by atoms with Crippen molar-refractivity contribution < 1.29 is 9.53 Å². The van der Waals surface area contributed by atoms with E-state index in [4.69, 9.17) is 9.84 Å². The largest absolute Gasteiger partial charge is 0.383 e. The second-order valence-electron chi connectivity index (χ2n) is 6.87. The SMILES string of the molecule is COCCNC(=O)CN1CCN(c2c(C)nn(-c3ccccc3)c2C)CC1. The molecule has 7 nitrogen and oxygen atoms in total. The van der Waals surface area contributed by atoms with Crippen molar-refractivity contribution in [3.05, 3.63) is 41.7 Å². The Morgan fingerprint density at radius 2 is 1.85 bits per heavy atom. The van der Waals surface area contributed by atoms with Gasteiger partial charge in [0.25, 0.3) is 0 Å². The lowest BCUT2D eigenvalue weighted by Gasteiger charge is -2.35. The molecule has 0 saturated carbocycles. The van der Waals surface area contributed by atoms with E-state index in [0.29, 0.717) is 19.7 Å². The summed E-state index contributed by atoms with van der Waals surface area (Å²) in [7, 11) is 1.63. The number of piperazine rings is 1. The number of methoxy groups -OCH3 is 1. The van der Waals surface area contributed by atoms with Crippen molar-refractivity contribution in [3.63, 3.8) is 0 Å². The van der Waals surface area contributed by atoms with E-state index in [1.54, 1.807) is 7.11 Å². The number of ether oxygens (including phenoxy) is 1. The van der Waals surface area contributed by atoms with Crippen LogP contribution in [0.1, 0.15) is 11.4 Å². The standard InChI is InChI=1S/C20H29N5O2/c1-16-20(17(2)25(22-16)18-7-5-4-6-8-18)24-12-10-23(11-13-24)15-19(26)21-9-14-27-3/h4-8H,9-15H2,1-3H3,(H,21,26). The van der Waals surface area contributed by atoms with Gasteiger partial charge in [-0.1, -0.05) is 18.2 Å². The fourth-order valence-corrected chi connectivity index (χ4v) is 3.59. The van der Waals surface area contributed by atoms with Crippen LogP contribution in [0.25, 0.3) is 5.69 Å². The monoisotopic (exact) mass is 371 g/mol. The summed E-state index contributed by atoms with van der Waals surface area (Å²) in [4.78, 5) is 16.6. The van der Waals surface area contributed by atoms with Crippen LogP contribution in [-0.4, -0.2) is 73.6 Å². The van der Waals surface area contributed by atoms with Gasteiger partial charge in [0.05, 0.1) is 35.9 Å². The van der Waals surface area contributed by atoms with Gasteiger partial charge in [-0.25, -0.2) is 4.68 Å². The molecule has 3 rings (SSSR count). The molecule has 1 aliphatic rings. The third-order valence-corrected chi connectivity index (χ3v) is 4.94. The molecule has 1 amide bonds. The summed E-state index contributed by atoms with van der Waals surface area (Å²) >= 11 is 0. The number of carbonyl (C=O) groups is 1. The van der Waals surface area contributed by atoms with Crippen molar-refractivity contribution in [2.24, 2.45) is 0 Å². The van der Waals surface area contributed by atoms with Gasteiger partial charge in [0.2, 0.25) is 5.91 Å². The van der Waals surface area contributed by atoms with Crippen LogP contribution in [-0.2, 0) is 9.53 Å². The zero-order valence-corrected chi connectivity index (χ0v) is 16.4.